The highest BCUT2D eigenvalue weighted by Crippen LogP contribution is 2.26. The Bertz CT molecular complexity index is 436. The monoisotopic (exact) mass is 232 g/mol. The van der Waals surface area contributed by atoms with Crippen LogP contribution in [0.25, 0.3) is 10.8 Å². The van der Waals surface area contributed by atoms with Gasteiger partial charge in [0.25, 0.3) is 0 Å². The Balaban J connectivity index is 0.000000581. The van der Waals surface area contributed by atoms with Crippen LogP contribution in [0.3, 0.4) is 0 Å². The second kappa shape index (κ2) is 8.45. The van der Waals surface area contributed by atoms with Crippen LogP contribution in [0.4, 0.5) is 11.4 Å². The van der Waals surface area contributed by atoms with Gasteiger partial charge in [-0.05, 0) is 12.1 Å². The van der Waals surface area contributed by atoms with Crippen LogP contribution in [-0.2, 0) is 0 Å². The van der Waals surface area contributed by atoms with Crippen LogP contribution in [0.15, 0.2) is 36.4 Å². The van der Waals surface area contributed by atoms with Crippen molar-refractivity contribution in [3.8, 4) is 0 Å². The molecule has 2 heteroatoms. The van der Waals surface area contributed by atoms with Crippen LogP contribution in [0.1, 0.15) is 27.7 Å². The van der Waals surface area contributed by atoms with E-state index in [-0.39, 0.29) is 0 Å². The minimum absolute atomic E-state index is 0.828. The van der Waals surface area contributed by atoms with Crippen molar-refractivity contribution >= 4 is 22.1 Å². The van der Waals surface area contributed by atoms with Crippen molar-refractivity contribution in [2.24, 2.45) is 0 Å². The highest BCUT2D eigenvalue weighted by atomic mass is 14.8. The molecule has 0 aliphatic heterocycles. The molecule has 0 radical (unpaired) electrons. The number of nitrogens with one attached hydrogen (secondary N) is 1. The summed E-state index contributed by atoms with van der Waals surface area (Å²) in [5, 5.41) is 5.42. The number of nitrogen functional groups attached to an aromatic ring is 1. The largest absolute Gasteiger partial charge is 0.398 e. The lowest BCUT2D eigenvalue weighted by molar-refractivity contribution is 1.50. The Kier molecular flexibility index (Phi) is 7.61. The number of hydrogen-bond donors (Lipinski definition) is 2. The molecule has 0 atom stereocenters. The number of nitrogens with two attached hydrogens (primary N) is 1. The van der Waals surface area contributed by atoms with E-state index in [1.807, 2.05) is 65.1 Å². The summed E-state index contributed by atoms with van der Waals surface area (Å²) in [5.41, 5.74) is 7.80. The molecule has 2 aromatic rings. The molecule has 94 valence electrons. The normalized spacial score (nSPS) is 8.53. The highest BCUT2D eigenvalue weighted by molar-refractivity contribution is 6.00. The summed E-state index contributed by atoms with van der Waals surface area (Å²) in [7, 11) is 1.91. The van der Waals surface area contributed by atoms with Gasteiger partial charge in [0, 0.05) is 29.2 Å². The Hall–Kier alpha value is -1.70. The summed E-state index contributed by atoms with van der Waals surface area (Å²) in [4.78, 5) is 0. The summed E-state index contributed by atoms with van der Waals surface area (Å²) in [6, 6.07) is 12.0. The minimum Gasteiger partial charge on any atom is -0.398 e. The SMILES string of the molecule is CC.CC.CNc1cccc2c(N)cccc12. The van der Waals surface area contributed by atoms with Crippen LogP contribution >= 0.6 is 0 Å². The molecule has 0 saturated heterocycles. The van der Waals surface area contributed by atoms with Gasteiger partial charge in [0.15, 0.2) is 0 Å². The van der Waals surface area contributed by atoms with E-state index in [1.165, 1.54) is 5.39 Å². The van der Waals surface area contributed by atoms with Gasteiger partial charge in [-0.3, -0.25) is 0 Å². The van der Waals surface area contributed by atoms with Crippen LogP contribution in [0.5, 0.6) is 0 Å². The van der Waals surface area contributed by atoms with Gasteiger partial charge >= 0.3 is 0 Å². The molecule has 0 aliphatic rings. The number of benzene rings is 2. The lowest BCUT2D eigenvalue weighted by atomic mass is 10.1. The van der Waals surface area contributed by atoms with E-state index in [0.717, 1.165) is 16.8 Å². The fraction of sp³-hybridized carbons (Fsp3) is 0.333. The van der Waals surface area contributed by atoms with Crippen molar-refractivity contribution in [2.45, 2.75) is 27.7 Å². The van der Waals surface area contributed by atoms with E-state index in [2.05, 4.69) is 11.4 Å². The topological polar surface area (TPSA) is 38.0 Å². The third-order valence-electron chi connectivity index (χ3n) is 2.23. The standard InChI is InChI=1S/C11H12N2.2C2H6/c1-13-11-7-3-4-8-9(11)5-2-6-10(8)12;2*1-2/h2-7,13H,12H2,1H3;2*1-2H3. The predicted octanol–water partition coefficient (Wildman–Crippen LogP) is 4.52. The second-order valence-electron chi connectivity index (χ2n) is 3.00. The number of hydrogen-bond acceptors (Lipinski definition) is 2. The van der Waals surface area contributed by atoms with Gasteiger partial charge in [0.1, 0.15) is 0 Å². The molecule has 2 rings (SSSR count). The summed E-state index contributed by atoms with van der Waals surface area (Å²) >= 11 is 0. The maximum Gasteiger partial charge on any atom is 0.0418 e. The van der Waals surface area contributed by atoms with Crippen molar-refractivity contribution in [3.05, 3.63) is 36.4 Å². The van der Waals surface area contributed by atoms with Gasteiger partial charge in [0.2, 0.25) is 0 Å². The molecule has 0 fully saturated rings. The molecule has 2 nitrogen and oxygen atoms in total. The Labute approximate surface area is 105 Å². The molecule has 0 aromatic heterocycles. The lowest BCUT2D eigenvalue weighted by Crippen LogP contribution is -1.91. The van der Waals surface area contributed by atoms with Gasteiger partial charge in [-0.25, -0.2) is 0 Å². The van der Waals surface area contributed by atoms with Gasteiger partial charge in [0.05, 0.1) is 0 Å². The van der Waals surface area contributed by atoms with Crippen molar-refractivity contribution in [3.63, 3.8) is 0 Å². The zero-order valence-electron chi connectivity index (χ0n) is 11.5. The Morgan fingerprint density at radius 3 is 1.94 bits per heavy atom. The molecule has 2 aromatic carbocycles. The third kappa shape index (κ3) is 3.66. The summed E-state index contributed by atoms with van der Waals surface area (Å²) < 4.78 is 0. The number of rotatable bonds is 1. The van der Waals surface area contributed by atoms with E-state index in [4.69, 9.17) is 5.73 Å². The molecular weight excluding hydrogens is 208 g/mol. The predicted molar refractivity (Wildman–Crippen MR) is 80.6 cm³/mol. The average Bonchev–Trinajstić information content (AvgIpc) is 2.43. The first-order valence-corrected chi connectivity index (χ1v) is 6.28. The molecule has 17 heavy (non-hydrogen) atoms. The molecule has 0 aliphatic carbocycles. The van der Waals surface area contributed by atoms with Crippen molar-refractivity contribution in [1.82, 2.24) is 0 Å². The molecule has 0 unspecified atom stereocenters. The first-order chi connectivity index (χ1) is 8.33. The Morgan fingerprint density at radius 1 is 0.824 bits per heavy atom. The summed E-state index contributed by atoms with van der Waals surface area (Å²) in [6.07, 6.45) is 0. The fourth-order valence-electron chi connectivity index (χ4n) is 1.55. The first kappa shape index (κ1) is 15.3. The highest BCUT2D eigenvalue weighted by Gasteiger charge is 1.99. The number of anilines is 2. The molecular formula is C15H24N2. The van der Waals surface area contributed by atoms with E-state index >= 15 is 0 Å². The van der Waals surface area contributed by atoms with Crippen molar-refractivity contribution in [2.75, 3.05) is 18.1 Å². The minimum atomic E-state index is 0.828. The molecule has 3 N–H and O–H groups in total. The zero-order valence-corrected chi connectivity index (χ0v) is 11.5. The maximum atomic E-state index is 5.85. The van der Waals surface area contributed by atoms with Crippen LogP contribution in [0, 0.1) is 0 Å². The van der Waals surface area contributed by atoms with Crippen LogP contribution in [-0.4, -0.2) is 7.05 Å². The molecule has 0 saturated carbocycles. The van der Waals surface area contributed by atoms with E-state index in [9.17, 15) is 0 Å². The van der Waals surface area contributed by atoms with Gasteiger partial charge in [-0.2, -0.15) is 0 Å². The zero-order chi connectivity index (χ0) is 13.3. The van der Waals surface area contributed by atoms with E-state index < -0.39 is 0 Å². The lowest BCUT2D eigenvalue weighted by Gasteiger charge is -2.06. The maximum absolute atomic E-state index is 5.85. The fourth-order valence-corrected chi connectivity index (χ4v) is 1.55. The summed E-state index contributed by atoms with van der Waals surface area (Å²) in [6.45, 7) is 8.00. The van der Waals surface area contributed by atoms with E-state index in [1.54, 1.807) is 0 Å². The van der Waals surface area contributed by atoms with Gasteiger partial charge < -0.3 is 11.1 Å². The van der Waals surface area contributed by atoms with Crippen molar-refractivity contribution < 1.29 is 0 Å². The Morgan fingerprint density at radius 2 is 1.35 bits per heavy atom. The quantitative estimate of drug-likeness (QED) is 0.710. The first-order valence-electron chi connectivity index (χ1n) is 6.28. The van der Waals surface area contributed by atoms with Crippen LogP contribution in [0.2, 0.25) is 0 Å². The molecule has 0 amide bonds. The summed E-state index contributed by atoms with van der Waals surface area (Å²) in [5.74, 6) is 0. The number of fused-ring (bicyclic) bond motifs is 1. The van der Waals surface area contributed by atoms with Crippen LogP contribution < -0.4 is 11.1 Å². The second-order valence-corrected chi connectivity index (χ2v) is 3.00. The van der Waals surface area contributed by atoms with Gasteiger partial charge in [-0.15, -0.1) is 0 Å². The van der Waals surface area contributed by atoms with E-state index in [0.29, 0.717) is 0 Å². The third-order valence-corrected chi connectivity index (χ3v) is 2.23. The molecule has 0 bridgehead atoms. The van der Waals surface area contributed by atoms with Gasteiger partial charge in [-0.1, -0.05) is 52.0 Å². The molecule has 0 spiro atoms. The van der Waals surface area contributed by atoms with Crippen molar-refractivity contribution in [1.29, 1.82) is 0 Å². The smallest absolute Gasteiger partial charge is 0.0418 e. The molecule has 0 heterocycles. The average molecular weight is 232 g/mol.